The minimum Gasteiger partial charge on any atom is -1.00 e. The summed E-state index contributed by atoms with van der Waals surface area (Å²) in [6, 6.07) is 66.2. The molecule has 3 spiro atoms. The summed E-state index contributed by atoms with van der Waals surface area (Å²) in [6.45, 7) is 22.8. The molecule has 4 saturated carbocycles. The van der Waals surface area contributed by atoms with Crippen LogP contribution in [0.15, 0.2) is 212 Å². The van der Waals surface area contributed by atoms with Crippen molar-refractivity contribution >= 4 is 181 Å². The molecule has 0 amide bonds. The minimum absolute atomic E-state index is 0. The Morgan fingerprint density at radius 1 is 0.527 bits per heavy atom. The first-order chi connectivity index (χ1) is 68.6. The van der Waals surface area contributed by atoms with Gasteiger partial charge in [-0.2, -0.15) is 0 Å². The number of rotatable bonds is 12. The van der Waals surface area contributed by atoms with Crippen LogP contribution in [0.25, 0.3) is 0 Å². The molecule has 9 aromatic rings. The van der Waals surface area contributed by atoms with Crippen LogP contribution in [0.4, 0.5) is 10.5 Å². The molecule has 0 aromatic heterocycles. The summed E-state index contributed by atoms with van der Waals surface area (Å²) >= 11 is 49.7. The van der Waals surface area contributed by atoms with Crippen molar-refractivity contribution in [2.75, 3.05) is 104 Å². The van der Waals surface area contributed by atoms with E-state index in [0.29, 0.717) is 46.6 Å². The van der Waals surface area contributed by atoms with Crippen molar-refractivity contribution in [2.24, 2.45) is 29.6 Å². The summed E-state index contributed by atoms with van der Waals surface area (Å²) in [4.78, 5) is 67.6. The standard InChI is InChI=1S/C19H19ClINO.C19H24ClNO.C19H20ClNO.C13H19NO.C12H14ClNO.C7H10O.C6H4ClIO.C6H6ClNO.C4H6O4.C3H4Cl2O2.C2H3BO2.HI.K.Na/c20-17-6-7-19(18(21)12-17)23-14-16-8-10-22(11-9-16)13-15-4-2-1-3-5-15;20-15-3-4-18-16(11-15)19(12-22-18)5-7-21(8-6-19)17-10-13-1-2-14(17)9-13;20-16-6-7-18-17(12-16)19(14-22-18)8-10-21(11-9-19)13-15-4-2-1-3-5-15;15-11-13-6-8-14(9-7-13)10-12-4-2-1-3-5-12;13-9-1-2-11-10(7-9)12(8-15-11)3-5-14-6-4-12;8-7-4-5-1-2-6(7)3-5;2*7-4-1-2-6(9)5(8)3-4;1-3(5)7-8-4(2)6;1-2(4)7-3(5)6;1-2(4)5-3;;;/h1-8,12H,9-11,13-14H2;3-4,11,13-14,17H,1-2,5-10,12H2;1-7,12H,8-11,13-14H2;1-5,13,15H,6-11H2;1-2,7,14H,3-6,8H2;5-6H,1-4H2;1-3,9H;1-3,9H,8H2;1-2H3;2H,1H3;1H3;1H;;/q;;;;;;;;;;-1;;2*+1/p-1/t;13-,14+,17-;;;;5-,6+;;;;;;;;/m.1...1......../s1. The van der Waals surface area contributed by atoms with Gasteiger partial charge in [-0.15, -0.1) is 0 Å². The number of ketones is 1. The van der Waals surface area contributed by atoms with Gasteiger partial charge >= 0.3 is 98.3 Å². The van der Waals surface area contributed by atoms with Crippen molar-refractivity contribution in [2.45, 2.75) is 184 Å². The van der Waals surface area contributed by atoms with Gasteiger partial charge < -0.3 is 91.6 Å². The number of Topliss-reactive ketones (excluding diaryl/α,β-unsaturated/α-hetero) is 1. The van der Waals surface area contributed by atoms with E-state index in [1.165, 1.54) is 136 Å². The molecule has 4 bridgehead atoms. The summed E-state index contributed by atoms with van der Waals surface area (Å²) in [5.74, 6) is 7.05. The molecule has 9 aromatic carbocycles. The van der Waals surface area contributed by atoms with E-state index in [2.05, 4.69) is 196 Å². The fraction of sp³-hybridized carbons (Fsp3) is 0.445. The molecule has 4 aliphatic carbocycles. The summed E-state index contributed by atoms with van der Waals surface area (Å²) < 4.78 is 33.2. The van der Waals surface area contributed by atoms with Crippen molar-refractivity contribution in [1.82, 2.24) is 24.9 Å². The topological polar surface area (TPSA) is 271 Å². The number of alkyl halides is 1. The number of hydrogen-bond acceptors (Lipinski definition) is 22. The van der Waals surface area contributed by atoms with E-state index in [9.17, 15) is 24.0 Å². The van der Waals surface area contributed by atoms with Crippen LogP contribution in [0.5, 0.6) is 34.5 Å². The minimum atomic E-state index is -0.873. The van der Waals surface area contributed by atoms with Crippen molar-refractivity contribution in [3.63, 3.8) is 0 Å². The molecule has 777 valence electrons. The first-order valence-electron chi connectivity index (χ1n) is 48.7. The maximum absolute atomic E-state index is 10.8. The molecule has 21 rings (SSSR count). The van der Waals surface area contributed by atoms with Crippen molar-refractivity contribution in [3.05, 3.63) is 282 Å². The molecule has 146 heavy (non-hydrogen) atoms. The zero-order valence-corrected chi connectivity index (χ0v) is 101. The summed E-state index contributed by atoms with van der Waals surface area (Å²) in [6.07, 6.45) is 23.3. The number of ether oxygens (including phenoxy) is 5. The van der Waals surface area contributed by atoms with E-state index in [-0.39, 0.29) is 133 Å². The number of aliphatic hydroxyl groups excluding tert-OH is 1. The van der Waals surface area contributed by atoms with Gasteiger partial charge in [-0.3, -0.25) is 24.3 Å². The second-order valence-electron chi connectivity index (χ2n) is 38.0. The number of nitrogens with zero attached hydrogens (tertiary/aromatic N) is 4. The largest absolute Gasteiger partial charge is 1.00 e. The predicted molar refractivity (Wildman–Crippen MR) is 587 cm³/mol. The number of hydrogen-bond donors (Lipinski definition) is 5. The predicted octanol–water partition coefficient (Wildman–Crippen LogP) is 16.2. The number of carbonyl (C=O) groups excluding carboxylic acids is 5. The number of benzene rings is 9. The Hall–Kier alpha value is -4.16. The van der Waals surface area contributed by atoms with Gasteiger partial charge in [0, 0.05) is 153 Å². The molecular formula is C110H129BCl8I3KN6NaO16. The number of carbonyl (C=O) groups is 5. The van der Waals surface area contributed by atoms with Crippen molar-refractivity contribution in [1.29, 1.82) is 0 Å². The van der Waals surface area contributed by atoms with Crippen LogP contribution in [0.2, 0.25) is 30.1 Å². The number of nitrogen functional groups attached to an aromatic ring is 1. The number of phenols is 2. The van der Waals surface area contributed by atoms with Crippen LogP contribution >= 0.6 is 138 Å². The Kier molecular flexibility index (Phi) is 56.5. The van der Waals surface area contributed by atoms with E-state index < -0.39 is 28.9 Å². The molecule has 6 N–H and O–H groups in total. The maximum atomic E-state index is 10.8. The summed E-state index contributed by atoms with van der Waals surface area (Å²) in [5.41, 5.74) is 14.3. The van der Waals surface area contributed by atoms with Crippen molar-refractivity contribution < 1.29 is 182 Å². The van der Waals surface area contributed by atoms with Crippen LogP contribution in [0.1, 0.15) is 170 Å². The van der Waals surface area contributed by atoms with Gasteiger partial charge in [0.1, 0.15) is 46.9 Å². The van der Waals surface area contributed by atoms with Gasteiger partial charge in [0.15, 0.2) is 5.56 Å². The number of anilines is 1. The monoisotopic (exact) mass is 2520 g/mol. The van der Waals surface area contributed by atoms with Gasteiger partial charge in [-0.05, 0) is 356 Å². The number of halogens is 11. The number of piperidine rings is 4. The molecule has 4 saturated heterocycles. The first kappa shape index (κ1) is 127. The Bertz CT molecular complexity index is 5540. The van der Waals surface area contributed by atoms with Gasteiger partial charge in [0.25, 0.3) is 0 Å². The van der Waals surface area contributed by atoms with Gasteiger partial charge in [-0.25, -0.2) is 24.2 Å². The molecule has 8 heterocycles. The average molecular weight is 2530 g/mol. The molecule has 6 atom stereocenters. The fourth-order valence-electron chi connectivity index (χ4n) is 20.1. The SMILES string of the molecule is CC(=O)OOC(C)=O.CC(Cl)OC(=O)Cl.Clc1ccc(OCC2=CCN(Cc3ccccc3)CC2)c(I)c1.Clc1ccc2c(c1)C1(CCN(Cc3ccccc3)CC1)CO2.Clc1ccc2c(c1)C1(CCN([C@@H]3C[C@@H]4CC[C@H]3C4)CC1)CO2.Clc1ccc2c(c1)C1(CCNCC1)CO2.Nc1cc(Cl)ccc1O.O=C1C[C@@H]2CC[C@H]1C2.OCC1CCN(Cc2ccccc2)CC1.Oc1ccc(Cl)cc1I.[B-]OC(C)=O.[I-].[K+].[Na+]. The van der Waals surface area contributed by atoms with Crippen LogP contribution in [-0.2, 0) is 74.2 Å². The zero-order chi connectivity index (χ0) is 103. The van der Waals surface area contributed by atoms with E-state index in [4.69, 9.17) is 133 Å². The van der Waals surface area contributed by atoms with Crippen LogP contribution in [0.3, 0.4) is 0 Å². The van der Waals surface area contributed by atoms with E-state index in [1.807, 2.05) is 71.1 Å². The molecular weight excluding hydrogens is 2400 g/mol. The zero-order valence-electron chi connectivity index (χ0n) is 83.7. The van der Waals surface area contributed by atoms with Gasteiger partial charge in [0.2, 0.25) is 5.97 Å². The Morgan fingerprint density at radius 3 is 1.32 bits per heavy atom. The normalized spacial score (nSPS) is 19.9. The van der Waals surface area contributed by atoms with E-state index in [1.54, 1.807) is 24.3 Å². The molecule has 36 heteroatoms. The number of nitrogens with two attached hydrogens (primary N) is 1. The Labute approximate surface area is 1010 Å². The Morgan fingerprint density at radius 2 is 0.959 bits per heavy atom. The number of aromatic hydroxyl groups is 2. The summed E-state index contributed by atoms with van der Waals surface area (Å²) in [5, 5.41) is 34.7. The molecule has 1 unspecified atom stereocenters. The fourth-order valence-corrected chi connectivity index (χ4v) is 23.0. The molecule has 8 aliphatic heterocycles. The maximum Gasteiger partial charge on any atom is 1.00 e. The van der Waals surface area contributed by atoms with Gasteiger partial charge in [0.05, 0.1) is 32.6 Å². The molecule has 22 nitrogen and oxygen atoms in total. The second-order valence-corrected chi connectivity index (χ2v) is 43.9. The summed E-state index contributed by atoms with van der Waals surface area (Å²) in [7, 11) is 4.32. The third-order valence-electron chi connectivity index (χ3n) is 27.8. The van der Waals surface area contributed by atoms with Crippen LogP contribution in [-0.4, -0.2) is 182 Å². The third-order valence-corrected chi connectivity index (χ3v) is 31.1. The number of nitrogens with one attached hydrogen (secondary N) is 1. The van der Waals surface area contributed by atoms with E-state index >= 15 is 0 Å². The quantitative estimate of drug-likeness (QED) is 0.00875. The number of fused-ring (bicyclic) bond motifs is 10. The number of phenolic OH excluding ortho intramolecular Hbond substituents is 2. The smallest absolute Gasteiger partial charge is 1.00 e. The van der Waals surface area contributed by atoms with Crippen LogP contribution < -0.4 is 135 Å². The molecule has 8 fully saturated rings. The molecule has 3 radical (unpaired) electrons. The second kappa shape index (κ2) is 65.0. The van der Waals surface area contributed by atoms with Gasteiger partial charge in [-0.1, -0.05) is 185 Å². The van der Waals surface area contributed by atoms with Crippen LogP contribution in [0, 0.1) is 36.7 Å². The first-order valence-corrected chi connectivity index (χ1v) is 53.9. The number of aliphatic hydroxyl groups is 1. The molecule has 12 aliphatic rings. The average Bonchev–Trinajstić information content (AvgIpc) is 1.56. The van der Waals surface area contributed by atoms with Crippen molar-refractivity contribution in [3.8, 4) is 34.5 Å². The number of likely N-dealkylation sites (tertiary alicyclic amines) is 3. The Balaban J connectivity index is 0.000000202. The third kappa shape index (κ3) is 41.2. The van der Waals surface area contributed by atoms with E-state index in [0.717, 1.165) is 231 Å².